The van der Waals surface area contributed by atoms with Crippen LogP contribution in [-0.2, 0) is 0 Å². The third-order valence-electron chi connectivity index (χ3n) is 4.89. The second-order valence-corrected chi connectivity index (χ2v) is 11.3. The second-order valence-electron chi connectivity index (χ2n) is 6.38. The van der Waals surface area contributed by atoms with Gasteiger partial charge in [-0.25, -0.2) is 0 Å². The van der Waals surface area contributed by atoms with E-state index in [1.807, 2.05) is 0 Å². The van der Waals surface area contributed by atoms with Crippen LogP contribution in [0.5, 0.6) is 0 Å². The number of benzene rings is 3. The van der Waals surface area contributed by atoms with Gasteiger partial charge in [0.2, 0.25) is 0 Å². The summed E-state index contributed by atoms with van der Waals surface area (Å²) in [5.41, 5.74) is 2.08. The van der Waals surface area contributed by atoms with Crippen LogP contribution in [0.2, 0.25) is 13.1 Å². The first-order chi connectivity index (χ1) is 10.1. The molecule has 0 bridgehead atoms. The van der Waals surface area contributed by atoms with Gasteiger partial charge in [-0.3, -0.25) is 0 Å². The van der Waals surface area contributed by atoms with Crippen LogP contribution < -0.4 is 5.19 Å². The molecule has 1 atom stereocenters. The first kappa shape index (κ1) is 14.1. The molecule has 0 fully saturated rings. The summed E-state index contributed by atoms with van der Waals surface area (Å²) in [4.78, 5) is 0. The average molecular weight is 290 g/mol. The molecule has 1 heteroatoms. The molecule has 1 unspecified atom stereocenters. The van der Waals surface area contributed by atoms with E-state index in [4.69, 9.17) is 0 Å². The molecule has 0 amide bonds. The van der Waals surface area contributed by atoms with Crippen molar-refractivity contribution in [2.75, 3.05) is 0 Å². The molecule has 0 N–H and O–H groups in total. The third-order valence-corrected chi connectivity index (χ3v) is 9.19. The van der Waals surface area contributed by atoms with Crippen LogP contribution in [0, 0.1) is 0 Å². The van der Waals surface area contributed by atoms with Crippen LogP contribution in [0.15, 0.2) is 72.8 Å². The van der Waals surface area contributed by atoms with Crippen LogP contribution in [0.1, 0.15) is 18.0 Å². The highest BCUT2D eigenvalue weighted by atomic mass is 28.3. The highest BCUT2D eigenvalue weighted by Crippen LogP contribution is 2.31. The molecule has 3 rings (SSSR count). The SMILES string of the molecule is CC(c1cccc2ccccc12)[Si](C)(C)c1ccccc1. The van der Waals surface area contributed by atoms with E-state index in [0.29, 0.717) is 5.54 Å². The summed E-state index contributed by atoms with van der Waals surface area (Å²) in [7, 11) is -1.54. The standard InChI is InChI=1S/C20H22Si/c1-16(21(2,3)18-12-5-4-6-13-18)19-15-9-11-17-10-7-8-14-20(17)19/h4-16H,1-3H3. The lowest BCUT2D eigenvalue weighted by molar-refractivity contribution is 1.04. The number of rotatable bonds is 3. The van der Waals surface area contributed by atoms with Crippen molar-refractivity contribution >= 4 is 24.0 Å². The molecule has 0 saturated heterocycles. The van der Waals surface area contributed by atoms with Gasteiger partial charge in [0.05, 0.1) is 8.07 Å². The van der Waals surface area contributed by atoms with Crippen molar-refractivity contribution in [2.45, 2.75) is 25.6 Å². The fourth-order valence-corrected chi connectivity index (χ4v) is 5.72. The van der Waals surface area contributed by atoms with E-state index in [9.17, 15) is 0 Å². The predicted octanol–water partition coefficient (Wildman–Crippen LogP) is 5.10. The van der Waals surface area contributed by atoms with Gasteiger partial charge in [-0.1, -0.05) is 98.0 Å². The van der Waals surface area contributed by atoms with Gasteiger partial charge in [-0.2, -0.15) is 0 Å². The summed E-state index contributed by atoms with van der Waals surface area (Å²) in [6.07, 6.45) is 0. The van der Waals surface area contributed by atoms with E-state index < -0.39 is 8.07 Å². The number of hydrogen-bond donors (Lipinski definition) is 0. The zero-order valence-corrected chi connectivity index (χ0v) is 14.0. The van der Waals surface area contributed by atoms with E-state index in [1.54, 1.807) is 0 Å². The van der Waals surface area contributed by atoms with Gasteiger partial charge in [-0.05, 0) is 21.9 Å². The topological polar surface area (TPSA) is 0 Å². The molecular formula is C20H22Si. The van der Waals surface area contributed by atoms with E-state index in [-0.39, 0.29) is 0 Å². The van der Waals surface area contributed by atoms with Crippen LogP contribution >= 0.6 is 0 Å². The van der Waals surface area contributed by atoms with Crippen molar-refractivity contribution in [3.63, 3.8) is 0 Å². The van der Waals surface area contributed by atoms with Gasteiger partial charge in [0.25, 0.3) is 0 Å². The highest BCUT2D eigenvalue weighted by molar-refractivity contribution is 6.90. The molecule has 3 aromatic carbocycles. The van der Waals surface area contributed by atoms with Crippen LogP contribution in [0.4, 0.5) is 0 Å². The summed E-state index contributed by atoms with van der Waals surface area (Å²) in [6.45, 7) is 7.37. The second kappa shape index (κ2) is 5.49. The lowest BCUT2D eigenvalue weighted by Crippen LogP contribution is -2.46. The molecule has 0 saturated carbocycles. The fraction of sp³-hybridized carbons (Fsp3) is 0.200. The molecule has 3 aromatic rings. The Balaban J connectivity index is 2.10. The van der Waals surface area contributed by atoms with Crippen molar-refractivity contribution in [1.82, 2.24) is 0 Å². The Morgan fingerprint density at radius 3 is 2.10 bits per heavy atom. The van der Waals surface area contributed by atoms with Gasteiger partial charge in [-0.15, -0.1) is 0 Å². The molecule has 0 aliphatic carbocycles. The quantitative estimate of drug-likeness (QED) is 0.589. The van der Waals surface area contributed by atoms with Crippen molar-refractivity contribution in [3.8, 4) is 0 Å². The van der Waals surface area contributed by atoms with Gasteiger partial charge < -0.3 is 0 Å². The van der Waals surface area contributed by atoms with E-state index in [0.717, 1.165) is 0 Å². The molecule has 0 aromatic heterocycles. The maximum atomic E-state index is 2.48. The zero-order chi connectivity index (χ0) is 14.9. The molecule has 0 radical (unpaired) electrons. The normalized spacial score (nSPS) is 13.3. The fourth-order valence-electron chi connectivity index (χ4n) is 3.13. The summed E-state index contributed by atoms with van der Waals surface area (Å²) in [5, 5.41) is 4.29. The molecule has 0 heterocycles. The van der Waals surface area contributed by atoms with Gasteiger partial charge in [0.15, 0.2) is 0 Å². The monoisotopic (exact) mass is 290 g/mol. The van der Waals surface area contributed by atoms with Crippen molar-refractivity contribution in [1.29, 1.82) is 0 Å². The first-order valence-corrected chi connectivity index (χ1v) is 10.7. The molecule has 0 aliphatic rings. The smallest absolute Gasteiger partial charge is 0.0650 e. The van der Waals surface area contributed by atoms with Crippen molar-refractivity contribution in [3.05, 3.63) is 78.4 Å². The van der Waals surface area contributed by atoms with Crippen LogP contribution in [0.3, 0.4) is 0 Å². The Labute approximate surface area is 128 Å². The lowest BCUT2D eigenvalue weighted by Gasteiger charge is -2.31. The third kappa shape index (κ3) is 2.54. The minimum absolute atomic E-state index is 0.589. The zero-order valence-electron chi connectivity index (χ0n) is 13.0. The maximum absolute atomic E-state index is 2.48. The minimum atomic E-state index is -1.54. The van der Waals surface area contributed by atoms with Gasteiger partial charge >= 0.3 is 0 Å². The largest absolute Gasteiger partial charge is 0.0877 e. The summed E-state index contributed by atoms with van der Waals surface area (Å²) in [6, 6.07) is 26.5. The average Bonchev–Trinajstić information content (AvgIpc) is 2.54. The summed E-state index contributed by atoms with van der Waals surface area (Å²) < 4.78 is 0. The molecule has 106 valence electrons. The lowest BCUT2D eigenvalue weighted by atomic mass is 10.0. The number of fused-ring (bicyclic) bond motifs is 1. The first-order valence-electron chi connectivity index (χ1n) is 7.64. The molecule has 0 aliphatic heterocycles. The van der Waals surface area contributed by atoms with Crippen molar-refractivity contribution < 1.29 is 0 Å². The molecule has 0 spiro atoms. The Bertz CT molecular complexity index is 739. The minimum Gasteiger partial charge on any atom is -0.0650 e. The molecular weight excluding hydrogens is 268 g/mol. The van der Waals surface area contributed by atoms with Gasteiger partial charge in [0.1, 0.15) is 0 Å². The Kier molecular flexibility index (Phi) is 3.69. The van der Waals surface area contributed by atoms with E-state index in [1.165, 1.54) is 21.5 Å². The Morgan fingerprint density at radius 1 is 0.714 bits per heavy atom. The number of hydrogen-bond acceptors (Lipinski definition) is 0. The van der Waals surface area contributed by atoms with Gasteiger partial charge in [0, 0.05) is 0 Å². The van der Waals surface area contributed by atoms with Crippen LogP contribution in [-0.4, -0.2) is 8.07 Å². The highest BCUT2D eigenvalue weighted by Gasteiger charge is 2.32. The molecule has 21 heavy (non-hydrogen) atoms. The Morgan fingerprint density at radius 2 is 1.33 bits per heavy atom. The van der Waals surface area contributed by atoms with Crippen molar-refractivity contribution in [2.24, 2.45) is 0 Å². The predicted molar refractivity (Wildman–Crippen MR) is 95.9 cm³/mol. The maximum Gasteiger partial charge on any atom is 0.0877 e. The van der Waals surface area contributed by atoms with Crippen LogP contribution in [0.25, 0.3) is 10.8 Å². The molecule has 0 nitrogen and oxygen atoms in total. The summed E-state index contributed by atoms with van der Waals surface area (Å²) in [5.74, 6) is 0. The van der Waals surface area contributed by atoms with E-state index >= 15 is 0 Å². The summed E-state index contributed by atoms with van der Waals surface area (Å²) >= 11 is 0. The van der Waals surface area contributed by atoms with E-state index in [2.05, 4.69) is 92.8 Å². The Hall–Kier alpha value is -1.86.